The lowest BCUT2D eigenvalue weighted by molar-refractivity contribution is 0.0510. The van der Waals surface area contributed by atoms with Gasteiger partial charge in [-0.05, 0) is 18.3 Å². The molecule has 0 atom stereocenters. The van der Waals surface area contributed by atoms with Crippen molar-refractivity contribution in [2.45, 2.75) is 46.0 Å². The molecule has 0 amide bonds. The highest BCUT2D eigenvalue weighted by molar-refractivity contribution is 9.09. The van der Waals surface area contributed by atoms with Crippen LogP contribution in [0.1, 0.15) is 39.5 Å². The van der Waals surface area contributed by atoms with E-state index in [0.717, 1.165) is 31.0 Å². The second kappa shape index (κ2) is 10.1. The van der Waals surface area contributed by atoms with Crippen LogP contribution in [0, 0.1) is 5.41 Å². The summed E-state index contributed by atoms with van der Waals surface area (Å²) in [5.74, 6) is 0. The molecule has 0 aliphatic rings. The van der Waals surface area contributed by atoms with Gasteiger partial charge in [-0.3, -0.25) is 4.90 Å². The van der Waals surface area contributed by atoms with Gasteiger partial charge in [0.1, 0.15) is 0 Å². The molecule has 2 nitrogen and oxygen atoms in total. The molecule has 0 radical (unpaired) electrons. The van der Waals surface area contributed by atoms with Crippen LogP contribution < -0.4 is 0 Å². The summed E-state index contributed by atoms with van der Waals surface area (Å²) in [6.07, 6.45) is 1.81. The van der Waals surface area contributed by atoms with Gasteiger partial charge in [-0.2, -0.15) is 0 Å². The summed E-state index contributed by atoms with van der Waals surface area (Å²) in [6.45, 7) is 4.89. The van der Waals surface area contributed by atoms with Gasteiger partial charge in [-0.1, -0.05) is 42.6 Å². The molecular formula is C13H26BrF2NO. The van der Waals surface area contributed by atoms with Crippen LogP contribution in [-0.4, -0.2) is 48.0 Å². The van der Waals surface area contributed by atoms with Crippen molar-refractivity contribution in [1.82, 2.24) is 4.90 Å². The summed E-state index contributed by atoms with van der Waals surface area (Å²) in [6, 6.07) is 0. The van der Waals surface area contributed by atoms with E-state index in [1.54, 1.807) is 4.90 Å². The van der Waals surface area contributed by atoms with Crippen LogP contribution in [0.2, 0.25) is 0 Å². The van der Waals surface area contributed by atoms with Crippen LogP contribution >= 0.6 is 15.9 Å². The Hall–Kier alpha value is 0.260. The van der Waals surface area contributed by atoms with Gasteiger partial charge in [0.25, 0.3) is 6.43 Å². The average molecular weight is 330 g/mol. The molecule has 0 aromatic heterocycles. The van der Waals surface area contributed by atoms with Crippen molar-refractivity contribution in [3.05, 3.63) is 0 Å². The largest absolute Gasteiger partial charge is 0.395 e. The summed E-state index contributed by atoms with van der Waals surface area (Å²) in [5.41, 5.74) is 0.0492. The minimum Gasteiger partial charge on any atom is -0.395 e. The van der Waals surface area contributed by atoms with E-state index in [4.69, 9.17) is 5.11 Å². The van der Waals surface area contributed by atoms with Crippen molar-refractivity contribution >= 4 is 15.9 Å². The predicted octanol–water partition coefficient (Wildman–Crippen LogP) is 3.53. The zero-order chi connectivity index (χ0) is 14.0. The summed E-state index contributed by atoms with van der Waals surface area (Å²) < 4.78 is 25.0. The Kier molecular flexibility index (Phi) is 10.2. The molecule has 5 heteroatoms. The molecular weight excluding hydrogens is 304 g/mol. The SMILES string of the molecule is CCCC(CBr)(CCC)CN(CCO)CC(F)F. The molecule has 0 rings (SSSR count). The van der Waals surface area contributed by atoms with Gasteiger partial charge in [0.15, 0.2) is 0 Å². The first-order chi connectivity index (χ1) is 8.53. The third-order valence-electron chi connectivity index (χ3n) is 3.22. The standard InChI is InChI=1S/C13H26BrF2NO/c1-3-5-13(10-14,6-4-2)11-17(7-8-18)9-12(15)16/h12,18H,3-11H2,1-2H3. The highest BCUT2D eigenvalue weighted by atomic mass is 79.9. The minimum atomic E-state index is -2.34. The van der Waals surface area contributed by atoms with Crippen LogP contribution in [0.4, 0.5) is 8.78 Å². The fourth-order valence-electron chi connectivity index (χ4n) is 2.57. The Labute approximate surface area is 118 Å². The van der Waals surface area contributed by atoms with Crippen molar-refractivity contribution in [1.29, 1.82) is 0 Å². The van der Waals surface area contributed by atoms with Crippen LogP contribution in [0.5, 0.6) is 0 Å². The summed E-state index contributed by atoms with van der Waals surface area (Å²) in [5, 5.41) is 9.81. The zero-order valence-electron chi connectivity index (χ0n) is 11.5. The molecule has 0 aromatic rings. The van der Waals surface area contributed by atoms with Crippen LogP contribution in [-0.2, 0) is 0 Å². The van der Waals surface area contributed by atoms with Crippen molar-refractivity contribution in [3.63, 3.8) is 0 Å². The number of aliphatic hydroxyl groups is 1. The third-order valence-corrected chi connectivity index (χ3v) is 4.41. The van der Waals surface area contributed by atoms with Gasteiger partial charge >= 0.3 is 0 Å². The van der Waals surface area contributed by atoms with E-state index in [1.807, 2.05) is 0 Å². The van der Waals surface area contributed by atoms with E-state index < -0.39 is 6.43 Å². The second-order valence-corrected chi connectivity index (χ2v) is 5.54. The van der Waals surface area contributed by atoms with E-state index >= 15 is 0 Å². The van der Waals surface area contributed by atoms with E-state index in [9.17, 15) is 8.78 Å². The molecule has 110 valence electrons. The summed E-state index contributed by atoms with van der Waals surface area (Å²) >= 11 is 3.54. The molecule has 0 aliphatic carbocycles. The number of hydrogen-bond donors (Lipinski definition) is 1. The van der Waals surface area contributed by atoms with Gasteiger partial charge in [-0.25, -0.2) is 8.78 Å². The quantitative estimate of drug-likeness (QED) is 0.586. The highest BCUT2D eigenvalue weighted by Gasteiger charge is 2.30. The van der Waals surface area contributed by atoms with Crippen molar-refractivity contribution < 1.29 is 13.9 Å². The molecule has 0 saturated carbocycles. The van der Waals surface area contributed by atoms with Crippen molar-refractivity contribution in [2.24, 2.45) is 5.41 Å². The first-order valence-corrected chi connectivity index (χ1v) is 7.83. The Balaban J connectivity index is 4.65. The molecule has 1 N–H and O–H groups in total. The number of rotatable bonds is 11. The molecule has 0 heterocycles. The number of alkyl halides is 3. The van der Waals surface area contributed by atoms with Crippen LogP contribution in [0.25, 0.3) is 0 Å². The van der Waals surface area contributed by atoms with Gasteiger partial charge in [-0.15, -0.1) is 0 Å². The lowest BCUT2D eigenvalue weighted by Gasteiger charge is -2.37. The predicted molar refractivity (Wildman–Crippen MR) is 75.6 cm³/mol. The topological polar surface area (TPSA) is 23.5 Å². The fraction of sp³-hybridized carbons (Fsp3) is 1.00. The molecule has 18 heavy (non-hydrogen) atoms. The molecule has 0 unspecified atom stereocenters. The Bertz CT molecular complexity index is 199. The first-order valence-electron chi connectivity index (χ1n) is 6.71. The smallest absolute Gasteiger partial charge is 0.251 e. The molecule has 0 bridgehead atoms. The Morgan fingerprint density at radius 3 is 2.11 bits per heavy atom. The maximum absolute atomic E-state index is 12.5. The third kappa shape index (κ3) is 7.00. The summed E-state index contributed by atoms with van der Waals surface area (Å²) in [7, 11) is 0. The lowest BCUT2D eigenvalue weighted by atomic mass is 9.80. The van der Waals surface area contributed by atoms with Gasteiger partial charge in [0.2, 0.25) is 0 Å². The van der Waals surface area contributed by atoms with Crippen LogP contribution in [0.15, 0.2) is 0 Å². The van der Waals surface area contributed by atoms with E-state index in [1.165, 1.54) is 0 Å². The van der Waals surface area contributed by atoms with Gasteiger partial charge < -0.3 is 5.11 Å². The number of hydrogen-bond acceptors (Lipinski definition) is 2. The Morgan fingerprint density at radius 1 is 1.22 bits per heavy atom. The molecule has 0 aromatic carbocycles. The number of nitrogens with zero attached hydrogens (tertiary/aromatic N) is 1. The van der Waals surface area contributed by atoms with Crippen LogP contribution in [0.3, 0.4) is 0 Å². The summed E-state index contributed by atoms with van der Waals surface area (Å²) in [4.78, 5) is 1.69. The van der Waals surface area contributed by atoms with Gasteiger partial charge in [0, 0.05) is 18.4 Å². The maximum Gasteiger partial charge on any atom is 0.251 e. The molecule has 0 fully saturated rings. The molecule has 0 saturated heterocycles. The van der Waals surface area contributed by atoms with Crippen molar-refractivity contribution in [2.75, 3.05) is 31.6 Å². The lowest BCUT2D eigenvalue weighted by Crippen LogP contribution is -2.42. The zero-order valence-corrected chi connectivity index (χ0v) is 13.1. The fourth-order valence-corrected chi connectivity index (χ4v) is 3.30. The minimum absolute atomic E-state index is 0.0492. The monoisotopic (exact) mass is 329 g/mol. The molecule has 0 spiro atoms. The first kappa shape index (κ1) is 18.3. The van der Waals surface area contributed by atoms with E-state index in [2.05, 4.69) is 29.8 Å². The average Bonchev–Trinajstić information content (AvgIpc) is 2.29. The maximum atomic E-state index is 12.5. The number of aliphatic hydroxyl groups excluding tert-OH is 1. The number of halogens is 3. The normalized spacial score (nSPS) is 12.7. The van der Waals surface area contributed by atoms with E-state index in [0.29, 0.717) is 13.1 Å². The molecule has 0 aliphatic heterocycles. The van der Waals surface area contributed by atoms with E-state index in [-0.39, 0.29) is 18.6 Å². The Morgan fingerprint density at radius 2 is 1.78 bits per heavy atom. The van der Waals surface area contributed by atoms with Crippen molar-refractivity contribution in [3.8, 4) is 0 Å². The second-order valence-electron chi connectivity index (χ2n) is 4.98. The van der Waals surface area contributed by atoms with Gasteiger partial charge in [0.05, 0.1) is 13.2 Å². The highest BCUT2D eigenvalue weighted by Crippen LogP contribution is 2.33.